The van der Waals surface area contributed by atoms with Crippen molar-refractivity contribution in [2.24, 2.45) is 0 Å². The van der Waals surface area contributed by atoms with E-state index >= 15 is 0 Å². The van der Waals surface area contributed by atoms with Crippen LogP contribution in [-0.4, -0.2) is 28.4 Å². The second kappa shape index (κ2) is 8.18. The number of nitrogens with zero attached hydrogens (tertiary/aromatic N) is 2. The van der Waals surface area contributed by atoms with Gasteiger partial charge in [-0.15, -0.1) is 0 Å². The van der Waals surface area contributed by atoms with Gasteiger partial charge >= 0.3 is 0 Å². The number of ketones is 1. The first-order valence-electron chi connectivity index (χ1n) is 10.1. The standard InChI is InChI=1S/C24H17FN2O5S/c1-2-31-15-8-9-16-18(12-15)33-24(26-16)27-20(13-5-3-6-14(25)11-13)19(22(29)23(27)30)21(28)17-7-4-10-32-17/h3-12,20,29H,2H2,1H3/t20-/m0/s1. The van der Waals surface area contributed by atoms with E-state index in [1.165, 1.54) is 52.8 Å². The lowest BCUT2D eigenvalue weighted by Gasteiger charge is -2.24. The fourth-order valence-electron chi connectivity index (χ4n) is 3.82. The van der Waals surface area contributed by atoms with Crippen LogP contribution in [0.15, 0.2) is 76.6 Å². The van der Waals surface area contributed by atoms with Gasteiger partial charge in [-0.2, -0.15) is 0 Å². The minimum absolute atomic E-state index is 0.0433. The third kappa shape index (κ3) is 3.56. The SMILES string of the molecule is CCOc1ccc2nc(N3C(=O)C(O)=C(C(=O)c4ccco4)[C@@H]3c3cccc(F)c3)sc2c1. The molecule has 166 valence electrons. The highest BCUT2D eigenvalue weighted by molar-refractivity contribution is 7.22. The van der Waals surface area contributed by atoms with E-state index in [4.69, 9.17) is 9.15 Å². The first-order chi connectivity index (χ1) is 16.0. The smallest absolute Gasteiger partial charge is 0.296 e. The maximum absolute atomic E-state index is 14.1. The molecule has 0 fully saturated rings. The minimum atomic E-state index is -1.09. The Morgan fingerprint density at radius 2 is 2.09 bits per heavy atom. The van der Waals surface area contributed by atoms with Crippen LogP contribution in [0.25, 0.3) is 10.2 Å². The Labute approximate surface area is 191 Å². The number of aliphatic hydroxyl groups excluding tert-OH is 1. The molecule has 0 spiro atoms. The number of hydrogen-bond acceptors (Lipinski definition) is 7. The van der Waals surface area contributed by atoms with Crippen molar-refractivity contribution in [2.45, 2.75) is 13.0 Å². The van der Waals surface area contributed by atoms with Crippen molar-refractivity contribution in [3.05, 3.63) is 89.3 Å². The van der Waals surface area contributed by atoms with Gasteiger partial charge in [0.15, 0.2) is 16.7 Å². The number of carbonyl (C=O) groups excluding carboxylic acids is 2. The Morgan fingerprint density at radius 1 is 1.24 bits per heavy atom. The Balaban J connectivity index is 1.65. The summed E-state index contributed by atoms with van der Waals surface area (Å²) in [5, 5.41) is 11.0. The average Bonchev–Trinajstić information content (AvgIpc) is 3.52. The van der Waals surface area contributed by atoms with E-state index in [1.807, 2.05) is 6.92 Å². The third-order valence-corrected chi connectivity index (χ3v) is 6.25. The monoisotopic (exact) mass is 464 g/mol. The first kappa shape index (κ1) is 20.9. The highest BCUT2D eigenvalue weighted by Crippen LogP contribution is 2.44. The van der Waals surface area contributed by atoms with Crippen molar-refractivity contribution in [3.63, 3.8) is 0 Å². The van der Waals surface area contributed by atoms with Gasteiger partial charge in [0.1, 0.15) is 11.6 Å². The zero-order chi connectivity index (χ0) is 23.1. The van der Waals surface area contributed by atoms with E-state index < -0.39 is 29.3 Å². The molecule has 0 unspecified atom stereocenters. The fourth-order valence-corrected chi connectivity index (χ4v) is 4.84. The number of furan rings is 1. The molecule has 4 aromatic rings. The van der Waals surface area contributed by atoms with Crippen LogP contribution in [-0.2, 0) is 4.79 Å². The Hall–Kier alpha value is -3.98. The third-order valence-electron chi connectivity index (χ3n) is 5.23. The number of ether oxygens (including phenoxy) is 1. The van der Waals surface area contributed by atoms with E-state index in [9.17, 15) is 19.1 Å². The van der Waals surface area contributed by atoms with Gasteiger partial charge in [0.25, 0.3) is 5.91 Å². The first-order valence-corrected chi connectivity index (χ1v) is 10.9. The molecule has 2 aromatic heterocycles. The highest BCUT2D eigenvalue weighted by atomic mass is 32.1. The van der Waals surface area contributed by atoms with Crippen LogP contribution in [0.5, 0.6) is 5.75 Å². The molecule has 1 aliphatic rings. The maximum Gasteiger partial charge on any atom is 0.296 e. The maximum atomic E-state index is 14.1. The lowest BCUT2D eigenvalue weighted by molar-refractivity contribution is -0.117. The second-order valence-electron chi connectivity index (χ2n) is 7.26. The van der Waals surface area contributed by atoms with E-state index in [0.717, 1.165) is 4.70 Å². The van der Waals surface area contributed by atoms with Gasteiger partial charge in [-0.3, -0.25) is 14.5 Å². The summed E-state index contributed by atoms with van der Waals surface area (Å²) in [4.78, 5) is 32.1. The predicted molar refractivity (Wildman–Crippen MR) is 120 cm³/mol. The van der Waals surface area contributed by atoms with Crippen molar-refractivity contribution in [3.8, 4) is 5.75 Å². The van der Waals surface area contributed by atoms with E-state index in [2.05, 4.69) is 4.98 Å². The van der Waals surface area contributed by atoms with Crippen molar-refractivity contribution in [1.82, 2.24) is 4.98 Å². The number of Topliss-reactive ketones (excluding diaryl/α,β-unsaturated/α-hetero) is 1. The van der Waals surface area contributed by atoms with Gasteiger partial charge in [0.05, 0.1) is 34.7 Å². The molecular formula is C24H17FN2O5S. The number of benzene rings is 2. The number of carbonyl (C=O) groups is 2. The van der Waals surface area contributed by atoms with Crippen molar-refractivity contribution >= 4 is 38.4 Å². The van der Waals surface area contributed by atoms with Crippen LogP contribution in [0.2, 0.25) is 0 Å². The molecule has 1 aliphatic heterocycles. The summed E-state index contributed by atoms with van der Waals surface area (Å²) in [7, 11) is 0. The Bertz CT molecular complexity index is 1410. The number of anilines is 1. The van der Waals surface area contributed by atoms with Gasteiger partial charge in [0, 0.05) is 0 Å². The lowest BCUT2D eigenvalue weighted by Crippen LogP contribution is -2.31. The molecule has 1 amide bonds. The lowest BCUT2D eigenvalue weighted by atomic mass is 9.95. The molecule has 2 aromatic carbocycles. The van der Waals surface area contributed by atoms with Gasteiger partial charge in [-0.1, -0.05) is 23.5 Å². The average molecular weight is 464 g/mol. The van der Waals surface area contributed by atoms with Crippen LogP contribution < -0.4 is 9.64 Å². The zero-order valence-corrected chi connectivity index (χ0v) is 18.1. The van der Waals surface area contributed by atoms with Crippen molar-refractivity contribution < 1.29 is 28.2 Å². The van der Waals surface area contributed by atoms with E-state index in [0.29, 0.717) is 23.4 Å². The highest BCUT2D eigenvalue weighted by Gasteiger charge is 2.46. The second-order valence-corrected chi connectivity index (χ2v) is 8.27. The summed E-state index contributed by atoms with van der Waals surface area (Å²) >= 11 is 1.20. The number of amides is 1. The molecule has 0 saturated heterocycles. The molecule has 0 aliphatic carbocycles. The van der Waals surface area contributed by atoms with E-state index in [1.54, 1.807) is 24.3 Å². The number of aromatic nitrogens is 1. The summed E-state index contributed by atoms with van der Waals surface area (Å²) in [6.07, 6.45) is 1.32. The Morgan fingerprint density at radius 3 is 2.82 bits per heavy atom. The normalized spacial score (nSPS) is 16.1. The molecule has 33 heavy (non-hydrogen) atoms. The molecule has 5 rings (SSSR count). The number of thiazole rings is 1. The Kier molecular flexibility index (Phi) is 5.18. The van der Waals surface area contributed by atoms with Crippen LogP contribution >= 0.6 is 11.3 Å². The van der Waals surface area contributed by atoms with Gasteiger partial charge < -0.3 is 14.3 Å². The summed E-state index contributed by atoms with van der Waals surface area (Å²) in [6.45, 7) is 2.38. The van der Waals surface area contributed by atoms with Crippen molar-refractivity contribution in [2.75, 3.05) is 11.5 Å². The molecule has 0 bridgehead atoms. The van der Waals surface area contributed by atoms with Gasteiger partial charge in [0.2, 0.25) is 5.78 Å². The number of hydrogen-bond donors (Lipinski definition) is 1. The molecule has 9 heteroatoms. The number of rotatable bonds is 6. The minimum Gasteiger partial charge on any atom is -0.503 e. The molecule has 3 heterocycles. The van der Waals surface area contributed by atoms with Gasteiger partial charge in [-0.05, 0) is 55.0 Å². The number of halogens is 1. The quantitative estimate of drug-likeness (QED) is 0.394. The predicted octanol–water partition coefficient (Wildman–Crippen LogP) is 5.21. The largest absolute Gasteiger partial charge is 0.503 e. The van der Waals surface area contributed by atoms with Crippen molar-refractivity contribution in [1.29, 1.82) is 0 Å². The summed E-state index contributed by atoms with van der Waals surface area (Å²) in [5.41, 5.74) is 0.737. The fraction of sp³-hybridized carbons (Fsp3) is 0.125. The molecule has 0 radical (unpaired) electrons. The summed E-state index contributed by atoms with van der Waals surface area (Å²) < 4.78 is 25.6. The number of fused-ring (bicyclic) bond motifs is 1. The van der Waals surface area contributed by atoms with Crippen LogP contribution in [0, 0.1) is 5.82 Å². The topological polar surface area (TPSA) is 92.9 Å². The zero-order valence-electron chi connectivity index (χ0n) is 17.3. The summed E-state index contributed by atoms with van der Waals surface area (Å²) in [6, 6.07) is 12.8. The van der Waals surface area contributed by atoms with Gasteiger partial charge in [-0.25, -0.2) is 9.37 Å². The molecular weight excluding hydrogens is 447 g/mol. The van der Waals surface area contributed by atoms with Crippen LogP contribution in [0.4, 0.5) is 9.52 Å². The molecule has 1 atom stereocenters. The molecule has 1 N–H and O–H groups in total. The molecule has 0 saturated carbocycles. The summed E-state index contributed by atoms with van der Waals surface area (Å²) in [5.74, 6) is -2.12. The van der Waals surface area contributed by atoms with Crippen LogP contribution in [0.3, 0.4) is 0 Å². The van der Waals surface area contributed by atoms with E-state index in [-0.39, 0.29) is 16.5 Å². The number of aliphatic hydroxyl groups is 1. The van der Waals surface area contributed by atoms with Crippen LogP contribution in [0.1, 0.15) is 29.1 Å². The molecule has 7 nitrogen and oxygen atoms in total.